The molecular formula is C19H22N4O4. The molecule has 3 rings (SSSR count). The third-order valence-electron chi connectivity index (χ3n) is 4.88. The van der Waals surface area contributed by atoms with Gasteiger partial charge in [-0.25, -0.2) is 4.79 Å². The lowest BCUT2D eigenvalue weighted by molar-refractivity contribution is -0.121. The fourth-order valence-corrected chi connectivity index (χ4v) is 3.40. The van der Waals surface area contributed by atoms with Gasteiger partial charge in [-0.1, -0.05) is 18.2 Å². The van der Waals surface area contributed by atoms with Crippen molar-refractivity contribution in [3.8, 4) is 0 Å². The molecule has 0 spiro atoms. The van der Waals surface area contributed by atoms with Crippen LogP contribution in [0.2, 0.25) is 0 Å². The van der Waals surface area contributed by atoms with E-state index in [9.17, 15) is 19.5 Å². The van der Waals surface area contributed by atoms with Crippen LogP contribution in [-0.4, -0.2) is 57.7 Å². The smallest absolute Gasteiger partial charge is 0.335 e. The number of nitrogens with zero attached hydrogens (tertiary/aromatic N) is 3. The summed E-state index contributed by atoms with van der Waals surface area (Å²) < 4.78 is 1.50. The molecule has 0 aliphatic carbocycles. The molecule has 8 nitrogen and oxygen atoms in total. The summed E-state index contributed by atoms with van der Waals surface area (Å²) in [6.45, 7) is 2.84. The lowest BCUT2D eigenvalue weighted by Gasteiger charge is -2.16. The van der Waals surface area contributed by atoms with Crippen LogP contribution in [0.15, 0.2) is 30.3 Å². The molecule has 1 aliphatic heterocycles. The minimum absolute atomic E-state index is 0.0182. The second-order valence-electron chi connectivity index (χ2n) is 6.63. The zero-order valence-electron chi connectivity index (χ0n) is 15.3. The van der Waals surface area contributed by atoms with Gasteiger partial charge >= 0.3 is 5.97 Å². The Morgan fingerprint density at radius 3 is 2.74 bits per heavy atom. The molecule has 1 fully saturated rings. The quantitative estimate of drug-likeness (QED) is 0.825. The lowest BCUT2D eigenvalue weighted by atomic mass is 9.93. The summed E-state index contributed by atoms with van der Waals surface area (Å²) in [6, 6.07) is 8.59. The normalized spacial score (nSPS) is 16.4. The van der Waals surface area contributed by atoms with E-state index in [2.05, 4.69) is 10.4 Å². The molecule has 1 unspecified atom stereocenters. The highest BCUT2D eigenvalue weighted by Crippen LogP contribution is 2.30. The van der Waals surface area contributed by atoms with Crippen LogP contribution in [0.25, 0.3) is 0 Å². The molecule has 1 saturated heterocycles. The Kier molecular flexibility index (Phi) is 5.25. The number of rotatable bonds is 5. The molecule has 142 valence electrons. The van der Waals surface area contributed by atoms with Crippen LogP contribution in [0.5, 0.6) is 0 Å². The summed E-state index contributed by atoms with van der Waals surface area (Å²) >= 11 is 0. The summed E-state index contributed by atoms with van der Waals surface area (Å²) in [4.78, 5) is 37.5. The maximum atomic E-state index is 12.8. The van der Waals surface area contributed by atoms with Crippen LogP contribution in [0.1, 0.15) is 44.4 Å². The fraction of sp³-hybridized carbons (Fsp3) is 0.368. The first-order valence-electron chi connectivity index (χ1n) is 8.77. The molecule has 0 bridgehead atoms. The first kappa shape index (κ1) is 18.6. The van der Waals surface area contributed by atoms with Gasteiger partial charge in [-0.3, -0.25) is 14.3 Å². The highest BCUT2D eigenvalue weighted by Gasteiger charge is 2.31. The van der Waals surface area contributed by atoms with Gasteiger partial charge in [-0.2, -0.15) is 5.10 Å². The van der Waals surface area contributed by atoms with Crippen molar-refractivity contribution in [2.45, 2.75) is 25.8 Å². The second kappa shape index (κ2) is 7.61. The summed E-state index contributed by atoms with van der Waals surface area (Å²) in [5.41, 5.74) is 2.06. The third kappa shape index (κ3) is 3.84. The first-order valence-corrected chi connectivity index (χ1v) is 8.77. The summed E-state index contributed by atoms with van der Waals surface area (Å²) in [7, 11) is 1.55. The second-order valence-corrected chi connectivity index (χ2v) is 6.63. The number of carbonyl (C=O) groups is 3. The molecule has 2 aromatic rings. The van der Waals surface area contributed by atoms with Crippen molar-refractivity contribution in [1.29, 1.82) is 0 Å². The molecule has 8 heteroatoms. The average molecular weight is 370 g/mol. The van der Waals surface area contributed by atoms with E-state index in [0.29, 0.717) is 25.2 Å². The number of hydrogen-bond donors (Lipinski definition) is 2. The van der Waals surface area contributed by atoms with Gasteiger partial charge in [-0.15, -0.1) is 0 Å². The number of amides is 2. The van der Waals surface area contributed by atoms with Gasteiger partial charge in [0.05, 0.1) is 5.56 Å². The van der Waals surface area contributed by atoms with Crippen molar-refractivity contribution in [3.05, 3.63) is 52.8 Å². The lowest BCUT2D eigenvalue weighted by Crippen LogP contribution is -2.29. The van der Waals surface area contributed by atoms with Crippen LogP contribution in [-0.2, 0) is 11.3 Å². The van der Waals surface area contributed by atoms with E-state index in [1.807, 2.05) is 12.1 Å². The number of carbonyl (C=O) groups excluding carboxylic acids is 2. The molecule has 27 heavy (non-hydrogen) atoms. The van der Waals surface area contributed by atoms with Crippen LogP contribution in [0.3, 0.4) is 0 Å². The molecule has 1 aromatic carbocycles. The molecule has 2 heterocycles. The number of nitrogens with one attached hydrogen (secondary N) is 1. The highest BCUT2D eigenvalue weighted by molar-refractivity contribution is 5.93. The average Bonchev–Trinajstić information content (AvgIpc) is 3.28. The largest absolute Gasteiger partial charge is 0.478 e. The minimum Gasteiger partial charge on any atom is -0.478 e. The van der Waals surface area contributed by atoms with Crippen molar-refractivity contribution < 1.29 is 19.5 Å². The SMILES string of the molecule is CNC(=O)Cn1nc(C(=O)N2CCC(c3ccccc3C(=O)O)C2)cc1C. The van der Waals surface area contributed by atoms with E-state index in [4.69, 9.17) is 0 Å². The van der Waals surface area contributed by atoms with Gasteiger partial charge < -0.3 is 15.3 Å². The van der Waals surface area contributed by atoms with E-state index in [-0.39, 0.29) is 29.8 Å². The van der Waals surface area contributed by atoms with Gasteiger partial charge in [0, 0.05) is 31.7 Å². The number of likely N-dealkylation sites (tertiary alicyclic amines) is 1. The summed E-state index contributed by atoms with van der Waals surface area (Å²) in [5.74, 6) is -1.37. The molecule has 1 aliphatic rings. The number of aromatic nitrogens is 2. The van der Waals surface area contributed by atoms with Crippen LogP contribution in [0.4, 0.5) is 0 Å². The number of aromatic carboxylic acids is 1. The molecular weight excluding hydrogens is 348 g/mol. The maximum absolute atomic E-state index is 12.8. The summed E-state index contributed by atoms with van der Waals surface area (Å²) in [5, 5.41) is 16.2. The Hall–Kier alpha value is -3.16. The van der Waals surface area contributed by atoms with E-state index in [1.165, 1.54) is 4.68 Å². The third-order valence-corrected chi connectivity index (χ3v) is 4.88. The Morgan fingerprint density at radius 1 is 1.30 bits per heavy atom. The molecule has 0 saturated carbocycles. The van der Waals surface area contributed by atoms with Gasteiger partial charge in [0.15, 0.2) is 5.69 Å². The van der Waals surface area contributed by atoms with Crippen molar-refractivity contribution in [1.82, 2.24) is 20.0 Å². The molecule has 2 amide bonds. The number of likely N-dealkylation sites (N-methyl/N-ethyl adjacent to an activating group) is 1. The number of aryl methyl sites for hydroxylation is 1. The zero-order valence-corrected chi connectivity index (χ0v) is 15.3. The van der Waals surface area contributed by atoms with Crippen LogP contribution < -0.4 is 5.32 Å². The maximum Gasteiger partial charge on any atom is 0.335 e. The number of carboxylic acid groups (broad SMARTS) is 1. The van der Waals surface area contributed by atoms with Gasteiger partial charge in [-0.05, 0) is 31.0 Å². The minimum atomic E-state index is -0.959. The molecule has 0 radical (unpaired) electrons. The molecule has 2 N–H and O–H groups in total. The Balaban J connectivity index is 1.74. The van der Waals surface area contributed by atoms with Crippen LogP contribution >= 0.6 is 0 Å². The predicted octanol–water partition coefficient (Wildman–Crippen LogP) is 1.27. The number of carboxylic acids is 1. The monoisotopic (exact) mass is 370 g/mol. The highest BCUT2D eigenvalue weighted by atomic mass is 16.4. The topological polar surface area (TPSA) is 105 Å². The standard InChI is InChI=1S/C19H22N4O4/c1-12-9-16(21-23(12)11-17(24)20-2)18(25)22-8-7-13(10-22)14-5-3-4-6-15(14)19(26)27/h3-6,9,13H,7-8,10-11H2,1-2H3,(H,20,24)(H,26,27). The van der Waals surface area contributed by atoms with Gasteiger partial charge in [0.25, 0.3) is 5.91 Å². The Bertz CT molecular complexity index is 890. The predicted molar refractivity (Wildman–Crippen MR) is 97.7 cm³/mol. The Morgan fingerprint density at radius 2 is 2.04 bits per heavy atom. The van der Waals surface area contributed by atoms with E-state index < -0.39 is 5.97 Å². The van der Waals surface area contributed by atoms with Gasteiger partial charge in [0.1, 0.15) is 6.54 Å². The summed E-state index contributed by atoms with van der Waals surface area (Å²) in [6.07, 6.45) is 0.702. The van der Waals surface area contributed by atoms with Crippen molar-refractivity contribution >= 4 is 17.8 Å². The first-order chi connectivity index (χ1) is 12.9. The fourth-order valence-electron chi connectivity index (χ4n) is 3.40. The molecule has 1 aromatic heterocycles. The van der Waals surface area contributed by atoms with Gasteiger partial charge in [0.2, 0.25) is 5.91 Å². The zero-order chi connectivity index (χ0) is 19.6. The number of hydrogen-bond acceptors (Lipinski definition) is 4. The van der Waals surface area contributed by atoms with E-state index in [0.717, 1.165) is 11.3 Å². The Labute approximate surface area is 156 Å². The van der Waals surface area contributed by atoms with Crippen molar-refractivity contribution in [2.75, 3.05) is 20.1 Å². The number of benzene rings is 1. The van der Waals surface area contributed by atoms with E-state index >= 15 is 0 Å². The van der Waals surface area contributed by atoms with Crippen molar-refractivity contribution in [2.24, 2.45) is 0 Å². The van der Waals surface area contributed by atoms with E-state index in [1.54, 1.807) is 37.1 Å². The molecule has 1 atom stereocenters. The van der Waals surface area contributed by atoms with Crippen molar-refractivity contribution in [3.63, 3.8) is 0 Å². The van der Waals surface area contributed by atoms with Crippen LogP contribution in [0, 0.1) is 6.92 Å².